The topological polar surface area (TPSA) is 78.5 Å². The van der Waals surface area contributed by atoms with Gasteiger partial charge in [-0.05, 0) is 35.9 Å². The average Bonchev–Trinajstić information content (AvgIpc) is 3.20. The van der Waals surface area contributed by atoms with E-state index in [0.29, 0.717) is 28.5 Å². The van der Waals surface area contributed by atoms with Gasteiger partial charge in [0.1, 0.15) is 0 Å². The molecule has 1 aliphatic heterocycles. The molecule has 0 radical (unpaired) electrons. The van der Waals surface area contributed by atoms with E-state index in [1.807, 2.05) is 30.3 Å². The zero-order chi connectivity index (χ0) is 22.5. The highest BCUT2D eigenvalue weighted by Crippen LogP contribution is 2.28. The number of carbonyl (C=O) groups is 3. The van der Waals surface area contributed by atoms with Crippen LogP contribution in [0.2, 0.25) is 5.02 Å². The zero-order valence-corrected chi connectivity index (χ0v) is 18.0. The standard InChI is InChI=1S/C25H22ClN3O3/c26-19-9-6-10-20(14-19)29-16-18(13-23(29)30)24(31)28-22-12-5-4-11-21(22)25(32)27-15-17-7-2-1-3-8-17/h1-12,14,18H,13,15-16H2,(H,27,32)(H,28,31)/t18-/m0/s1. The first kappa shape index (κ1) is 21.6. The predicted molar refractivity (Wildman–Crippen MR) is 125 cm³/mol. The molecule has 3 aromatic carbocycles. The van der Waals surface area contributed by atoms with Crippen molar-refractivity contribution >= 4 is 40.7 Å². The Morgan fingerprint density at radius 3 is 2.50 bits per heavy atom. The maximum atomic E-state index is 12.9. The van der Waals surface area contributed by atoms with Crippen molar-refractivity contribution in [3.05, 3.63) is 95.0 Å². The molecule has 1 saturated heterocycles. The van der Waals surface area contributed by atoms with Gasteiger partial charge in [-0.25, -0.2) is 0 Å². The Labute approximate surface area is 191 Å². The molecular weight excluding hydrogens is 426 g/mol. The van der Waals surface area contributed by atoms with E-state index in [2.05, 4.69) is 10.6 Å². The molecule has 0 bridgehead atoms. The predicted octanol–water partition coefficient (Wildman–Crippen LogP) is 4.26. The van der Waals surface area contributed by atoms with Crippen LogP contribution in [0.25, 0.3) is 0 Å². The van der Waals surface area contributed by atoms with Gasteiger partial charge in [0.05, 0.1) is 17.2 Å². The lowest BCUT2D eigenvalue weighted by Crippen LogP contribution is -2.29. The second kappa shape index (κ2) is 9.66. The fraction of sp³-hybridized carbons (Fsp3) is 0.160. The Hall–Kier alpha value is -3.64. The highest BCUT2D eigenvalue weighted by Gasteiger charge is 2.35. The lowest BCUT2D eigenvalue weighted by molar-refractivity contribution is -0.122. The molecule has 7 heteroatoms. The summed E-state index contributed by atoms with van der Waals surface area (Å²) in [5, 5.41) is 6.23. The van der Waals surface area contributed by atoms with Crippen molar-refractivity contribution in [1.82, 2.24) is 5.32 Å². The summed E-state index contributed by atoms with van der Waals surface area (Å²) >= 11 is 6.03. The number of benzene rings is 3. The van der Waals surface area contributed by atoms with E-state index in [1.165, 1.54) is 0 Å². The van der Waals surface area contributed by atoms with Crippen molar-refractivity contribution in [2.45, 2.75) is 13.0 Å². The highest BCUT2D eigenvalue weighted by atomic mass is 35.5. The van der Waals surface area contributed by atoms with Crippen LogP contribution in [0.4, 0.5) is 11.4 Å². The first-order chi connectivity index (χ1) is 15.5. The molecule has 1 atom stereocenters. The number of nitrogens with zero attached hydrogens (tertiary/aromatic N) is 1. The molecule has 1 fully saturated rings. The van der Waals surface area contributed by atoms with Crippen molar-refractivity contribution < 1.29 is 14.4 Å². The third kappa shape index (κ3) is 4.98. The van der Waals surface area contributed by atoms with Crippen LogP contribution in [0.1, 0.15) is 22.3 Å². The molecule has 2 N–H and O–H groups in total. The van der Waals surface area contributed by atoms with E-state index in [1.54, 1.807) is 53.4 Å². The molecule has 0 aliphatic carbocycles. The Bertz CT molecular complexity index is 1150. The van der Waals surface area contributed by atoms with Gasteiger partial charge in [0.15, 0.2) is 0 Å². The SMILES string of the molecule is O=C(NCc1ccccc1)c1ccccc1NC(=O)[C@H]1CC(=O)N(c2cccc(Cl)c2)C1. The summed E-state index contributed by atoms with van der Waals surface area (Å²) in [6, 6.07) is 23.4. The maximum absolute atomic E-state index is 12.9. The van der Waals surface area contributed by atoms with Crippen LogP contribution in [-0.4, -0.2) is 24.3 Å². The monoisotopic (exact) mass is 447 g/mol. The first-order valence-electron chi connectivity index (χ1n) is 10.3. The number of amides is 3. The Morgan fingerprint density at radius 1 is 0.969 bits per heavy atom. The minimum Gasteiger partial charge on any atom is -0.348 e. The smallest absolute Gasteiger partial charge is 0.253 e. The molecule has 0 saturated carbocycles. The molecular formula is C25H22ClN3O3. The van der Waals surface area contributed by atoms with Gasteiger partial charge < -0.3 is 15.5 Å². The summed E-state index contributed by atoms with van der Waals surface area (Å²) in [6.45, 7) is 0.640. The molecule has 0 unspecified atom stereocenters. The van der Waals surface area contributed by atoms with Gasteiger partial charge in [0.2, 0.25) is 11.8 Å². The molecule has 1 heterocycles. The van der Waals surface area contributed by atoms with Crippen LogP contribution < -0.4 is 15.5 Å². The van der Waals surface area contributed by atoms with Gasteiger partial charge in [-0.15, -0.1) is 0 Å². The molecule has 3 amide bonds. The minimum atomic E-state index is -0.526. The third-order valence-electron chi connectivity index (χ3n) is 5.34. The summed E-state index contributed by atoms with van der Waals surface area (Å²) in [6.07, 6.45) is 0.0979. The fourth-order valence-corrected chi connectivity index (χ4v) is 3.86. The number of halogens is 1. The van der Waals surface area contributed by atoms with Crippen molar-refractivity contribution in [3.8, 4) is 0 Å². The van der Waals surface area contributed by atoms with Gasteiger partial charge in [0, 0.05) is 30.2 Å². The van der Waals surface area contributed by atoms with Gasteiger partial charge in [-0.2, -0.15) is 0 Å². The molecule has 3 aromatic rings. The second-order valence-corrected chi connectivity index (χ2v) is 8.02. The number of carbonyl (C=O) groups excluding carboxylic acids is 3. The average molecular weight is 448 g/mol. The van der Waals surface area contributed by atoms with Gasteiger partial charge in [0.25, 0.3) is 5.91 Å². The lowest BCUT2D eigenvalue weighted by Gasteiger charge is -2.17. The highest BCUT2D eigenvalue weighted by molar-refractivity contribution is 6.31. The van der Waals surface area contributed by atoms with Gasteiger partial charge >= 0.3 is 0 Å². The third-order valence-corrected chi connectivity index (χ3v) is 5.58. The number of hydrogen-bond acceptors (Lipinski definition) is 3. The molecule has 0 aromatic heterocycles. The second-order valence-electron chi connectivity index (χ2n) is 7.59. The van der Waals surface area contributed by atoms with Crippen LogP contribution in [0, 0.1) is 5.92 Å². The van der Waals surface area contributed by atoms with E-state index >= 15 is 0 Å². The molecule has 0 spiro atoms. The number of para-hydroxylation sites is 1. The van der Waals surface area contributed by atoms with E-state index in [9.17, 15) is 14.4 Å². The van der Waals surface area contributed by atoms with Crippen molar-refractivity contribution in [2.75, 3.05) is 16.8 Å². The quantitative estimate of drug-likeness (QED) is 0.592. The van der Waals surface area contributed by atoms with E-state index in [-0.39, 0.29) is 30.7 Å². The molecule has 1 aliphatic rings. The van der Waals surface area contributed by atoms with Gasteiger partial charge in [-0.1, -0.05) is 60.1 Å². The Kier molecular flexibility index (Phi) is 6.52. The Morgan fingerprint density at radius 2 is 1.72 bits per heavy atom. The lowest BCUT2D eigenvalue weighted by atomic mass is 10.1. The zero-order valence-electron chi connectivity index (χ0n) is 17.3. The van der Waals surface area contributed by atoms with Crippen molar-refractivity contribution in [3.63, 3.8) is 0 Å². The maximum Gasteiger partial charge on any atom is 0.253 e. The molecule has 4 rings (SSSR count). The van der Waals surface area contributed by atoms with E-state index in [0.717, 1.165) is 5.56 Å². The van der Waals surface area contributed by atoms with Crippen LogP contribution in [0.5, 0.6) is 0 Å². The molecule has 162 valence electrons. The first-order valence-corrected chi connectivity index (χ1v) is 10.7. The van der Waals surface area contributed by atoms with Crippen molar-refractivity contribution in [2.24, 2.45) is 5.92 Å². The minimum absolute atomic E-state index is 0.0979. The van der Waals surface area contributed by atoms with Gasteiger partial charge in [-0.3, -0.25) is 14.4 Å². The number of nitrogens with one attached hydrogen (secondary N) is 2. The molecule has 32 heavy (non-hydrogen) atoms. The van der Waals surface area contributed by atoms with E-state index in [4.69, 9.17) is 11.6 Å². The summed E-state index contributed by atoms with van der Waals surface area (Å²) in [7, 11) is 0. The largest absolute Gasteiger partial charge is 0.348 e. The van der Waals surface area contributed by atoms with Crippen LogP contribution in [0.3, 0.4) is 0 Å². The van der Waals surface area contributed by atoms with E-state index < -0.39 is 5.92 Å². The van der Waals surface area contributed by atoms with Crippen molar-refractivity contribution in [1.29, 1.82) is 0 Å². The summed E-state index contributed by atoms with van der Waals surface area (Å²) in [5.41, 5.74) is 2.43. The van der Waals surface area contributed by atoms with Crippen LogP contribution in [-0.2, 0) is 16.1 Å². The Balaban J connectivity index is 1.42. The number of hydrogen-bond donors (Lipinski definition) is 2. The summed E-state index contributed by atoms with van der Waals surface area (Å²) < 4.78 is 0. The number of anilines is 2. The number of rotatable bonds is 6. The normalized spacial score (nSPS) is 15.5. The van der Waals surface area contributed by atoms with Crippen LogP contribution in [0.15, 0.2) is 78.9 Å². The fourth-order valence-electron chi connectivity index (χ4n) is 3.68. The van der Waals surface area contributed by atoms with Crippen LogP contribution >= 0.6 is 11.6 Å². The molecule has 6 nitrogen and oxygen atoms in total. The summed E-state index contributed by atoms with van der Waals surface area (Å²) in [4.78, 5) is 39.7. The summed E-state index contributed by atoms with van der Waals surface area (Å²) in [5.74, 6) is -1.25.